The Kier molecular flexibility index (Phi) is 6.24. The van der Waals surface area contributed by atoms with Crippen LogP contribution in [0.1, 0.15) is 10.4 Å². The zero-order valence-corrected chi connectivity index (χ0v) is 14.5. The molecule has 2 aromatic heterocycles. The third-order valence-corrected chi connectivity index (χ3v) is 5.27. The van der Waals surface area contributed by atoms with Crippen molar-refractivity contribution in [2.45, 2.75) is 12.3 Å². The fraction of sp³-hybridized carbons (Fsp3) is 0.500. The van der Waals surface area contributed by atoms with Crippen molar-refractivity contribution >= 4 is 45.9 Å². The second kappa shape index (κ2) is 7.95. The van der Waals surface area contributed by atoms with Gasteiger partial charge in [-0.1, -0.05) is 0 Å². The summed E-state index contributed by atoms with van der Waals surface area (Å²) in [5, 5.41) is 5.27. The third kappa shape index (κ3) is 5.44. The Morgan fingerprint density at radius 2 is 2.29 bits per heavy atom. The lowest BCUT2D eigenvalue weighted by atomic mass is 10.3. The van der Waals surface area contributed by atoms with Crippen LogP contribution in [0.4, 0.5) is 11.6 Å². The SMILES string of the molecule is CN(C)Cc1cc(CSCCNc2n[s+]([O-])nc2N)cs1. The predicted octanol–water partition coefficient (Wildman–Crippen LogP) is 2.25. The fourth-order valence-corrected chi connectivity index (χ4v) is 4.24. The van der Waals surface area contributed by atoms with Crippen molar-refractivity contribution in [1.29, 1.82) is 0 Å². The minimum absolute atomic E-state index is 0.226. The van der Waals surface area contributed by atoms with Gasteiger partial charge in [0.05, 0.1) is 0 Å². The first kappa shape index (κ1) is 16.5. The normalized spacial score (nSPS) is 12.1. The van der Waals surface area contributed by atoms with Crippen LogP contribution in [0.2, 0.25) is 0 Å². The number of nitrogen functional groups attached to an aromatic ring is 1. The number of hydrogen-bond donors (Lipinski definition) is 2. The van der Waals surface area contributed by atoms with Crippen LogP contribution < -0.4 is 11.1 Å². The van der Waals surface area contributed by atoms with Crippen LogP contribution in [0.5, 0.6) is 0 Å². The van der Waals surface area contributed by atoms with Gasteiger partial charge >= 0.3 is 0 Å². The molecule has 0 saturated heterocycles. The van der Waals surface area contributed by atoms with E-state index in [1.807, 2.05) is 11.8 Å². The van der Waals surface area contributed by atoms with Crippen molar-refractivity contribution in [2.24, 2.45) is 0 Å². The third-order valence-electron chi connectivity index (χ3n) is 2.58. The number of nitrogens with two attached hydrogens (primary N) is 1. The molecule has 0 fully saturated rings. The molecule has 0 spiro atoms. The summed E-state index contributed by atoms with van der Waals surface area (Å²) in [4.78, 5) is 3.56. The number of nitrogens with one attached hydrogen (secondary N) is 1. The number of thiophene rings is 1. The summed E-state index contributed by atoms with van der Waals surface area (Å²) >= 11 is 2.11. The second-order valence-corrected chi connectivity index (χ2v) is 7.71. The number of hydrogen-bond acceptors (Lipinski definition) is 8. The molecule has 2 rings (SSSR count). The highest BCUT2D eigenvalue weighted by atomic mass is 32.2. The first-order valence-corrected chi connectivity index (χ1v) is 9.52. The van der Waals surface area contributed by atoms with E-state index >= 15 is 0 Å². The van der Waals surface area contributed by atoms with Gasteiger partial charge in [0, 0.05) is 38.2 Å². The van der Waals surface area contributed by atoms with Gasteiger partial charge in [-0.15, -0.1) is 11.3 Å². The maximum Gasteiger partial charge on any atom is 0.232 e. The Bertz CT molecular complexity index is 569. The van der Waals surface area contributed by atoms with Crippen LogP contribution in [0, 0.1) is 0 Å². The Labute approximate surface area is 135 Å². The molecule has 2 aromatic rings. The average Bonchev–Trinajstić information content (AvgIpc) is 2.95. The summed E-state index contributed by atoms with van der Waals surface area (Å²) < 4.78 is 18.5. The van der Waals surface area contributed by atoms with E-state index in [1.165, 1.54) is 10.4 Å². The molecule has 9 heteroatoms. The van der Waals surface area contributed by atoms with Gasteiger partial charge in [-0.05, 0) is 31.1 Å². The monoisotopic (exact) mass is 345 g/mol. The minimum Gasteiger partial charge on any atom is -0.546 e. The molecule has 6 nitrogen and oxygen atoms in total. The highest BCUT2D eigenvalue weighted by Gasteiger charge is 2.10. The van der Waals surface area contributed by atoms with Gasteiger partial charge in [-0.2, -0.15) is 11.8 Å². The van der Waals surface area contributed by atoms with Gasteiger partial charge in [0.1, 0.15) is 0 Å². The topological polar surface area (TPSA) is 90.1 Å². The zero-order chi connectivity index (χ0) is 15.2. The van der Waals surface area contributed by atoms with E-state index in [9.17, 15) is 4.55 Å². The average molecular weight is 346 g/mol. The number of anilines is 2. The summed E-state index contributed by atoms with van der Waals surface area (Å²) in [6, 6.07) is 2.26. The van der Waals surface area contributed by atoms with Crippen LogP contribution in [0.3, 0.4) is 0 Å². The lowest BCUT2D eigenvalue weighted by Gasteiger charge is -2.06. The van der Waals surface area contributed by atoms with Gasteiger partial charge in [0.15, 0.2) is 11.1 Å². The Morgan fingerprint density at radius 3 is 2.95 bits per heavy atom. The zero-order valence-electron chi connectivity index (χ0n) is 12.0. The molecule has 0 aliphatic rings. The first-order chi connectivity index (χ1) is 10.0. The molecule has 0 aromatic carbocycles. The van der Waals surface area contributed by atoms with Gasteiger partial charge in [0.25, 0.3) is 0 Å². The molecule has 0 bridgehead atoms. The molecule has 0 aliphatic heterocycles. The molecular weight excluding hydrogens is 326 g/mol. The highest BCUT2D eigenvalue weighted by Crippen LogP contribution is 2.21. The summed E-state index contributed by atoms with van der Waals surface area (Å²) in [5.74, 6) is 2.59. The number of thioether (sulfide) groups is 1. The van der Waals surface area contributed by atoms with Crippen molar-refractivity contribution in [1.82, 2.24) is 13.6 Å². The lowest BCUT2D eigenvalue weighted by molar-refractivity contribution is 0.406. The molecule has 0 aliphatic carbocycles. The van der Waals surface area contributed by atoms with Crippen molar-refractivity contribution in [2.75, 3.05) is 37.4 Å². The van der Waals surface area contributed by atoms with E-state index in [1.54, 1.807) is 11.3 Å². The maximum absolute atomic E-state index is 11.0. The van der Waals surface area contributed by atoms with E-state index in [0.717, 1.165) is 24.6 Å². The van der Waals surface area contributed by atoms with Gasteiger partial charge in [-0.3, -0.25) is 0 Å². The Hall–Kier alpha value is -0.870. The van der Waals surface area contributed by atoms with E-state index in [-0.39, 0.29) is 5.82 Å². The van der Waals surface area contributed by atoms with Gasteiger partial charge in [0.2, 0.25) is 11.6 Å². The Balaban J connectivity index is 1.65. The number of nitrogens with zero attached hydrogens (tertiary/aromatic N) is 3. The van der Waals surface area contributed by atoms with E-state index < -0.39 is 11.1 Å². The number of rotatable bonds is 8. The molecule has 21 heavy (non-hydrogen) atoms. The Morgan fingerprint density at radius 1 is 1.48 bits per heavy atom. The van der Waals surface area contributed by atoms with Crippen LogP contribution >= 0.6 is 34.2 Å². The smallest absolute Gasteiger partial charge is 0.232 e. The molecule has 116 valence electrons. The second-order valence-electron chi connectivity index (χ2n) is 4.79. The first-order valence-electron chi connectivity index (χ1n) is 6.42. The van der Waals surface area contributed by atoms with Gasteiger partial charge < -0.3 is 20.5 Å². The van der Waals surface area contributed by atoms with Crippen LogP contribution in [-0.2, 0) is 12.3 Å². The molecule has 3 N–H and O–H groups in total. The molecule has 0 amide bonds. The van der Waals surface area contributed by atoms with E-state index in [4.69, 9.17) is 5.73 Å². The fourth-order valence-electron chi connectivity index (χ4n) is 1.72. The number of aromatic nitrogens is 2. The van der Waals surface area contributed by atoms with E-state index in [2.05, 4.69) is 44.5 Å². The van der Waals surface area contributed by atoms with Crippen LogP contribution in [-0.4, -0.2) is 44.6 Å². The van der Waals surface area contributed by atoms with Crippen molar-refractivity contribution in [3.05, 3.63) is 21.9 Å². The van der Waals surface area contributed by atoms with Crippen molar-refractivity contribution in [3.63, 3.8) is 0 Å². The molecular formula is C12H19N5OS3. The van der Waals surface area contributed by atoms with Crippen molar-refractivity contribution in [3.8, 4) is 0 Å². The molecule has 0 radical (unpaired) electrons. The summed E-state index contributed by atoms with van der Waals surface area (Å²) in [7, 11) is 4.15. The molecule has 2 heterocycles. The summed E-state index contributed by atoms with van der Waals surface area (Å²) in [6.07, 6.45) is 0. The maximum atomic E-state index is 11.0. The lowest BCUT2D eigenvalue weighted by Crippen LogP contribution is -2.09. The molecule has 1 atom stereocenters. The van der Waals surface area contributed by atoms with Gasteiger partial charge in [-0.25, -0.2) is 0 Å². The molecule has 1 unspecified atom stereocenters. The van der Waals surface area contributed by atoms with Crippen LogP contribution in [0.15, 0.2) is 11.4 Å². The molecule has 0 saturated carbocycles. The highest BCUT2D eigenvalue weighted by molar-refractivity contribution is 7.98. The quantitative estimate of drug-likeness (QED) is 0.560. The largest absolute Gasteiger partial charge is 0.546 e. The van der Waals surface area contributed by atoms with E-state index in [0.29, 0.717) is 5.82 Å². The standard InChI is InChI=1S/C12H19N5OS3/c1-17(2)6-10-5-9(8-20-10)7-19-4-3-14-12-11(13)15-21(18)16-12/h5,8H,3-4,6-7H2,1-2H3,(H2,13,15)(H,14,16). The predicted molar refractivity (Wildman–Crippen MR) is 91.5 cm³/mol. The summed E-state index contributed by atoms with van der Waals surface area (Å²) in [6.45, 7) is 1.72. The van der Waals surface area contributed by atoms with Crippen molar-refractivity contribution < 1.29 is 4.55 Å². The minimum atomic E-state index is -1.54. The summed E-state index contributed by atoms with van der Waals surface area (Å²) in [5.41, 5.74) is 6.94. The van der Waals surface area contributed by atoms with Crippen LogP contribution in [0.25, 0.3) is 0 Å².